The van der Waals surface area contributed by atoms with Crippen molar-refractivity contribution in [2.24, 2.45) is 0 Å². The fraction of sp³-hybridized carbons (Fsp3) is 0.571. The molecule has 1 unspecified atom stereocenters. The van der Waals surface area contributed by atoms with E-state index in [2.05, 4.69) is 41.2 Å². The Morgan fingerprint density at radius 1 is 1.50 bits per heavy atom. The molecule has 1 heterocycles. The maximum Gasteiger partial charge on any atom is 0.0641 e. The van der Waals surface area contributed by atoms with Crippen LogP contribution in [0.5, 0.6) is 0 Å². The Kier molecular flexibility index (Phi) is 4.70. The van der Waals surface area contributed by atoms with E-state index >= 15 is 0 Å². The minimum Gasteiger partial charge on any atom is -0.375 e. The summed E-state index contributed by atoms with van der Waals surface area (Å²) in [4.78, 5) is 0. The van der Waals surface area contributed by atoms with Crippen molar-refractivity contribution in [1.82, 2.24) is 5.32 Å². The number of nitrogens with one attached hydrogen (secondary N) is 1. The van der Waals surface area contributed by atoms with Crippen LogP contribution in [0.25, 0.3) is 0 Å². The van der Waals surface area contributed by atoms with Crippen LogP contribution >= 0.6 is 27.5 Å². The van der Waals surface area contributed by atoms with Gasteiger partial charge in [-0.2, -0.15) is 0 Å². The van der Waals surface area contributed by atoms with Crippen LogP contribution in [0.4, 0.5) is 0 Å². The fourth-order valence-corrected chi connectivity index (χ4v) is 3.07. The summed E-state index contributed by atoms with van der Waals surface area (Å²) in [6, 6.07) is 6.53. The van der Waals surface area contributed by atoms with Crippen molar-refractivity contribution < 1.29 is 4.74 Å². The number of rotatable bonds is 3. The van der Waals surface area contributed by atoms with Gasteiger partial charge in [0, 0.05) is 28.7 Å². The predicted molar refractivity (Wildman–Crippen MR) is 79.0 cm³/mol. The van der Waals surface area contributed by atoms with E-state index in [0.717, 1.165) is 41.1 Å². The van der Waals surface area contributed by atoms with Crippen molar-refractivity contribution in [3.05, 3.63) is 33.3 Å². The van der Waals surface area contributed by atoms with Gasteiger partial charge in [-0.3, -0.25) is 0 Å². The van der Waals surface area contributed by atoms with E-state index in [4.69, 9.17) is 16.3 Å². The van der Waals surface area contributed by atoms with Crippen molar-refractivity contribution in [2.45, 2.75) is 44.9 Å². The van der Waals surface area contributed by atoms with Crippen LogP contribution in [-0.4, -0.2) is 18.2 Å². The highest BCUT2D eigenvalue weighted by molar-refractivity contribution is 9.10. The average molecular weight is 333 g/mol. The van der Waals surface area contributed by atoms with Crippen molar-refractivity contribution in [2.75, 3.05) is 6.61 Å². The van der Waals surface area contributed by atoms with Gasteiger partial charge < -0.3 is 10.1 Å². The van der Waals surface area contributed by atoms with E-state index in [9.17, 15) is 0 Å². The number of halogens is 2. The van der Waals surface area contributed by atoms with Crippen LogP contribution < -0.4 is 5.32 Å². The van der Waals surface area contributed by atoms with Gasteiger partial charge in [-0.05, 0) is 44.4 Å². The maximum atomic E-state index is 6.21. The lowest BCUT2D eigenvalue weighted by Gasteiger charge is -2.36. The van der Waals surface area contributed by atoms with Gasteiger partial charge in [0.2, 0.25) is 0 Å². The molecule has 0 saturated carbocycles. The third-order valence-corrected chi connectivity index (χ3v) is 4.14. The molecular weight excluding hydrogens is 314 g/mol. The minimum atomic E-state index is -0.0145. The molecule has 0 spiro atoms. The van der Waals surface area contributed by atoms with Crippen LogP contribution in [0.15, 0.2) is 22.7 Å². The summed E-state index contributed by atoms with van der Waals surface area (Å²) < 4.78 is 6.73. The summed E-state index contributed by atoms with van der Waals surface area (Å²) in [5.74, 6) is 0. The molecule has 1 saturated heterocycles. The number of hydrogen-bond donors (Lipinski definition) is 1. The van der Waals surface area contributed by atoms with Crippen LogP contribution in [0.2, 0.25) is 5.02 Å². The first-order valence-corrected chi connectivity index (χ1v) is 7.45. The number of benzene rings is 1. The third kappa shape index (κ3) is 3.95. The van der Waals surface area contributed by atoms with Gasteiger partial charge in [0.15, 0.2) is 0 Å². The maximum absolute atomic E-state index is 6.21. The van der Waals surface area contributed by atoms with Crippen molar-refractivity contribution >= 4 is 27.5 Å². The van der Waals surface area contributed by atoms with E-state index in [1.54, 1.807) is 0 Å². The van der Waals surface area contributed by atoms with Gasteiger partial charge >= 0.3 is 0 Å². The molecule has 18 heavy (non-hydrogen) atoms. The quantitative estimate of drug-likeness (QED) is 0.898. The molecule has 1 aliphatic heterocycles. The Hall–Kier alpha value is -0.0900. The molecule has 0 aromatic heterocycles. The highest BCUT2D eigenvalue weighted by Gasteiger charge is 2.28. The van der Waals surface area contributed by atoms with Gasteiger partial charge in [0.1, 0.15) is 0 Å². The molecule has 1 aliphatic rings. The molecule has 100 valence electrons. The third-order valence-electron chi connectivity index (χ3n) is 3.29. The number of hydrogen-bond acceptors (Lipinski definition) is 2. The molecule has 1 aromatic carbocycles. The Bertz CT molecular complexity index is 422. The van der Waals surface area contributed by atoms with E-state index in [0.29, 0.717) is 6.04 Å². The first-order chi connectivity index (χ1) is 8.46. The molecule has 4 heteroatoms. The second-order valence-electron chi connectivity index (χ2n) is 5.41. The molecule has 0 bridgehead atoms. The van der Waals surface area contributed by atoms with Crippen LogP contribution in [0.1, 0.15) is 32.3 Å². The molecule has 0 amide bonds. The molecule has 2 rings (SSSR count). The van der Waals surface area contributed by atoms with Crippen LogP contribution in [0.3, 0.4) is 0 Å². The average Bonchev–Trinajstić information content (AvgIpc) is 2.26. The summed E-state index contributed by atoms with van der Waals surface area (Å²) in [5, 5.41) is 4.38. The largest absolute Gasteiger partial charge is 0.375 e. The van der Waals surface area contributed by atoms with Gasteiger partial charge in [-0.15, -0.1) is 0 Å². The van der Waals surface area contributed by atoms with Crippen molar-refractivity contribution in [3.8, 4) is 0 Å². The Balaban J connectivity index is 1.91. The first-order valence-electron chi connectivity index (χ1n) is 6.27. The van der Waals surface area contributed by atoms with Crippen LogP contribution in [0, 0.1) is 0 Å². The topological polar surface area (TPSA) is 21.3 Å². The Morgan fingerprint density at radius 3 is 2.94 bits per heavy atom. The summed E-state index contributed by atoms with van der Waals surface area (Å²) in [6.45, 7) is 5.94. The minimum absolute atomic E-state index is 0.0145. The van der Waals surface area contributed by atoms with E-state index in [-0.39, 0.29) is 5.60 Å². The van der Waals surface area contributed by atoms with Crippen LogP contribution in [-0.2, 0) is 11.3 Å². The molecule has 1 atom stereocenters. The summed E-state index contributed by atoms with van der Waals surface area (Å²) in [5.41, 5.74) is 1.13. The molecule has 1 aromatic rings. The normalized spacial score (nSPS) is 23.0. The first kappa shape index (κ1) is 14.3. The van der Waals surface area contributed by atoms with Gasteiger partial charge in [-0.25, -0.2) is 0 Å². The standard InChI is InChI=1S/C14H19BrClNO/c1-14(2)8-12(5-6-18-14)17-9-10-3-4-11(15)7-13(10)16/h3-4,7,12,17H,5-6,8-9H2,1-2H3. The zero-order valence-electron chi connectivity index (χ0n) is 10.8. The Morgan fingerprint density at radius 2 is 2.28 bits per heavy atom. The molecule has 0 aliphatic carbocycles. The second-order valence-corrected chi connectivity index (χ2v) is 6.74. The van der Waals surface area contributed by atoms with Gasteiger partial charge in [0.05, 0.1) is 5.60 Å². The Labute approximate surface area is 122 Å². The van der Waals surface area contributed by atoms with E-state index in [1.165, 1.54) is 0 Å². The molecule has 0 radical (unpaired) electrons. The predicted octanol–water partition coefficient (Wildman–Crippen LogP) is 4.15. The SMILES string of the molecule is CC1(C)CC(NCc2ccc(Br)cc2Cl)CCO1. The summed E-state index contributed by atoms with van der Waals surface area (Å²) in [7, 11) is 0. The monoisotopic (exact) mass is 331 g/mol. The molecular formula is C14H19BrClNO. The van der Waals surface area contributed by atoms with E-state index < -0.39 is 0 Å². The zero-order valence-corrected chi connectivity index (χ0v) is 13.1. The van der Waals surface area contributed by atoms with Gasteiger partial charge in [-0.1, -0.05) is 33.6 Å². The van der Waals surface area contributed by atoms with Crippen molar-refractivity contribution in [3.63, 3.8) is 0 Å². The second kappa shape index (κ2) is 5.91. The molecule has 1 fully saturated rings. The lowest BCUT2D eigenvalue weighted by Crippen LogP contribution is -2.43. The lowest BCUT2D eigenvalue weighted by atomic mass is 9.94. The fourth-order valence-electron chi connectivity index (χ4n) is 2.33. The highest BCUT2D eigenvalue weighted by Crippen LogP contribution is 2.25. The van der Waals surface area contributed by atoms with Gasteiger partial charge in [0.25, 0.3) is 0 Å². The number of ether oxygens (including phenoxy) is 1. The zero-order chi connectivity index (χ0) is 13.2. The molecule has 1 N–H and O–H groups in total. The summed E-state index contributed by atoms with van der Waals surface area (Å²) >= 11 is 9.63. The smallest absolute Gasteiger partial charge is 0.0641 e. The van der Waals surface area contributed by atoms with E-state index in [1.807, 2.05) is 12.1 Å². The summed E-state index contributed by atoms with van der Waals surface area (Å²) in [6.07, 6.45) is 2.11. The highest BCUT2D eigenvalue weighted by atomic mass is 79.9. The van der Waals surface area contributed by atoms with Crippen molar-refractivity contribution in [1.29, 1.82) is 0 Å². The lowest BCUT2D eigenvalue weighted by molar-refractivity contribution is -0.0630. The molecule has 2 nitrogen and oxygen atoms in total.